The first-order chi connectivity index (χ1) is 9.06. The highest BCUT2D eigenvalue weighted by molar-refractivity contribution is 7.99. The third kappa shape index (κ3) is 3.96. The fraction of sp³-hybridized carbons (Fsp3) is 0.385. The molecule has 1 aromatic carbocycles. The van der Waals surface area contributed by atoms with Crippen molar-refractivity contribution in [1.82, 2.24) is 20.1 Å². The summed E-state index contributed by atoms with van der Waals surface area (Å²) in [4.78, 5) is 5.25. The Kier molecular flexibility index (Phi) is 4.85. The van der Waals surface area contributed by atoms with Crippen LogP contribution >= 0.6 is 23.4 Å². The zero-order valence-electron chi connectivity index (χ0n) is 11.2. The summed E-state index contributed by atoms with van der Waals surface area (Å²) in [5.41, 5.74) is 1.11. The number of nitrogens with one attached hydrogen (secondary N) is 1. The molecule has 0 unspecified atom stereocenters. The molecule has 2 rings (SSSR count). The molecule has 2 aromatic rings. The van der Waals surface area contributed by atoms with Gasteiger partial charge in [0.25, 0.3) is 0 Å². The lowest BCUT2D eigenvalue weighted by Gasteiger charge is -2.10. The van der Waals surface area contributed by atoms with Crippen LogP contribution in [0.25, 0.3) is 0 Å². The van der Waals surface area contributed by atoms with Crippen LogP contribution in [-0.2, 0) is 13.6 Å². The highest BCUT2D eigenvalue weighted by Gasteiger charge is 2.07. The van der Waals surface area contributed by atoms with Crippen LogP contribution in [0.4, 0.5) is 0 Å². The van der Waals surface area contributed by atoms with Gasteiger partial charge < -0.3 is 5.32 Å². The molecule has 0 amide bonds. The summed E-state index contributed by atoms with van der Waals surface area (Å²) in [6.07, 6.45) is 1.55. The van der Waals surface area contributed by atoms with Crippen molar-refractivity contribution in [3.63, 3.8) is 0 Å². The average molecular weight is 297 g/mol. The SMILES string of the molecule is CC(C)NCc1ccc(Sc2ncnn2C)cc1Cl. The molecule has 0 aliphatic heterocycles. The Hall–Kier alpha value is -1.04. The van der Waals surface area contributed by atoms with Gasteiger partial charge in [0.05, 0.1) is 0 Å². The van der Waals surface area contributed by atoms with E-state index in [9.17, 15) is 0 Å². The maximum atomic E-state index is 6.30. The van der Waals surface area contributed by atoms with Gasteiger partial charge in [-0.3, -0.25) is 0 Å². The summed E-state index contributed by atoms with van der Waals surface area (Å²) >= 11 is 7.85. The van der Waals surface area contributed by atoms with Gasteiger partial charge in [-0.1, -0.05) is 43.3 Å². The van der Waals surface area contributed by atoms with E-state index in [0.717, 1.165) is 27.2 Å². The van der Waals surface area contributed by atoms with Crippen LogP contribution in [0.5, 0.6) is 0 Å². The van der Waals surface area contributed by atoms with Gasteiger partial charge >= 0.3 is 0 Å². The van der Waals surface area contributed by atoms with E-state index < -0.39 is 0 Å². The van der Waals surface area contributed by atoms with E-state index in [1.807, 2.05) is 13.1 Å². The Morgan fingerprint density at radius 3 is 2.79 bits per heavy atom. The molecule has 102 valence electrons. The minimum absolute atomic E-state index is 0.448. The summed E-state index contributed by atoms with van der Waals surface area (Å²) in [5, 5.41) is 9.03. The van der Waals surface area contributed by atoms with Gasteiger partial charge in [0, 0.05) is 29.6 Å². The number of aromatic nitrogens is 3. The van der Waals surface area contributed by atoms with Crippen LogP contribution in [0.15, 0.2) is 34.6 Å². The van der Waals surface area contributed by atoms with Crippen molar-refractivity contribution in [2.45, 2.75) is 36.5 Å². The number of benzene rings is 1. The number of halogens is 1. The molecule has 1 heterocycles. The fourth-order valence-electron chi connectivity index (χ4n) is 1.53. The summed E-state index contributed by atoms with van der Waals surface area (Å²) in [5.74, 6) is 0. The van der Waals surface area contributed by atoms with Gasteiger partial charge in [-0.25, -0.2) is 9.67 Å². The van der Waals surface area contributed by atoms with Crippen LogP contribution in [0, 0.1) is 0 Å². The monoisotopic (exact) mass is 296 g/mol. The van der Waals surface area contributed by atoms with Crippen molar-refractivity contribution < 1.29 is 0 Å². The second-order valence-corrected chi connectivity index (χ2v) is 6.00. The number of hydrogen-bond acceptors (Lipinski definition) is 4. The van der Waals surface area contributed by atoms with E-state index in [4.69, 9.17) is 11.6 Å². The second-order valence-electron chi connectivity index (χ2n) is 4.56. The summed E-state index contributed by atoms with van der Waals surface area (Å²) in [6.45, 7) is 5.02. The van der Waals surface area contributed by atoms with Crippen molar-refractivity contribution in [2.75, 3.05) is 0 Å². The highest BCUT2D eigenvalue weighted by Crippen LogP contribution is 2.29. The fourth-order valence-corrected chi connectivity index (χ4v) is 2.65. The maximum Gasteiger partial charge on any atom is 0.190 e. The number of nitrogens with zero attached hydrogens (tertiary/aromatic N) is 3. The molecule has 6 heteroatoms. The topological polar surface area (TPSA) is 42.7 Å². The van der Waals surface area contributed by atoms with Crippen molar-refractivity contribution in [3.8, 4) is 0 Å². The number of rotatable bonds is 5. The Morgan fingerprint density at radius 2 is 2.21 bits per heavy atom. The van der Waals surface area contributed by atoms with E-state index in [1.54, 1.807) is 22.8 Å². The second kappa shape index (κ2) is 6.41. The molecule has 0 aliphatic rings. The summed E-state index contributed by atoms with van der Waals surface area (Å²) in [6, 6.07) is 6.53. The van der Waals surface area contributed by atoms with Gasteiger partial charge in [0.1, 0.15) is 6.33 Å². The summed E-state index contributed by atoms with van der Waals surface area (Å²) in [7, 11) is 1.87. The third-order valence-corrected chi connectivity index (χ3v) is 4.00. The summed E-state index contributed by atoms with van der Waals surface area (Å²) < 4.78 is 1.74. The lowest BCUT2D eigenvalue weighted by molar-refractivity contribution is 0.589. The number of hydrogen-bond donors (Lipinski definition) is 1. The van der Waals surface area contributed by atoms with Gasteiger partial charge in [0.2, 0.25) is 0 Å². The Bertz CT molecular complexity index is 553. The maximum absolute atomic E-state index is 6.30. The van der Waals surface area contributed by atoms with E-state index in [1.165, 1.54) is 0 Å². The molecule has 19 heavy (non-hydrogen) atoms. The van der Waals surface area contributed by atoms with E-state index in [-0.39, 0.29) is 0 Å². The molecule has 0 saturated carbocycles. The zero-order chi connectivity index (χ0) is 13.8. The highest BCUT2D eigenvalue weighted by atomic mass is 35.5. The minimum atomic E-state index is 0.448. The average Bonchev–Trinajstić information content (AvgIpc) is 2.74. The lowest BCUT2D eigenvalue weighted by Crippen LogP contribution is -2.21. The predicted molar refractivity (Wildman–Crippen MR) is 78.6 cm³/mol. The molecule has 0 aliphatic carbocycles. The molecule has 0 bridgehead atoms. The van der Waals surface area contributed by atoms with Crippen molar-refractivity contribution >= 4 is 23.4 Å². The molecule has 0 atom stereocenters. The molecule has 0 saturated heterocycles. The standard InChI is InChI=1S/C13H17ClN4S/c1-9(2)15-7-10-4-5-11(6-12(10)14)19-13-16-8-17-18(13)3/h4-6,8-9,15H,7H2,1-3H3. The first-order valence-corrected chi connectivity index (χ1v) is 7.29. The minimum Gasteiger partial charge on any atom is -0.310 e. The molecule has 0 spiro atoms. The Balaban J connectivity index is 2.08. The normalized spacial score (nSPS) is 11.2. The van der Waals surface area contributed by atoms with E-state index in [0.29, 0.717) is 6.04 Å². The van der Waals surface area contributed by atoms with Crippen LogP contribution in [0.3, 0.4) is 0 Å². The van der Waals surface area contributed by atoms with Crippen molar-refractivity contribution in [1.29, 1.82) is 0 Å². The van der Waals surface area contributed by atoms with Gasteiger partial charge in [-0.15, -0.1) is 0 Å². The predicted octanol–water partition coefficient (Wildman–Crippen LogP) is 3.12. The molecule has 1 aromatic heterocycles. The molecule has 1 N–H and O–H groups in total. The first kappa shape index (κ1) is 14.4. The molecule has 0 fully saturated rings. The quantitative estimate of drug-likeness (QED) is 0.920. The molecule has 0 radical (unpaired) electrons. The van der Waals surface area contributed by atoms with Crippen LogP contribution in [0.2, 0.25) is 5.02 Å². The van der Waals surface area contributed by atoms with Crippen molar-refractivity contribution in [3.05, 3.63) is 35.1 Å². The molecule has 4 nitrogen and oxygen atoms in total. The largest absolute Gasteiger partial charge is 0.310 e. The van der Waals surface area contributed by atoms with Crippen LogP contribution < -0.4 is 5.32 Å². The zero-order valence-corrected chi connectivity index (χ0v) is 12.8. The molecular formula is C13H17ClN4S. The molecular weight excluding hydrogens is 280 g/mol. The van der Waals surface area contributed by atoms with Gasteiger partial charge in [-0.05, 0) is 17.7 Å². The smallest absolute Gasteiger partial charge is 0.190 e. The van der Waals surface area contributed by atoms with E-state index in [2.05, 4.69) is 41.4 Å². The Labute approximate surface area is 122 Å². The van der Waals surface area contributed by atoms with Gasteiger partial charge in [-0.2, -0.15) is 5.10 Å². The third-order valence-electron chi connectivity index (χ3n) is 2.60. The number of aryl methyl sites for hydroxylation is 1. The van der Waals surface area contributed by atoms with E-state index >= 15 is 0 Å². The Morgan fingerprint density at radius 1 is 1.42 bits per heavy atom. The lowest BCUT2D eigenvalue weighted by atomic mass is 10.2. The van der Waals surface area contributed by atoms with Crippen molar-refractivity contribution in [2.24, 2.45) is 7.05 Å². The van der Waals surface area contributed by atoms with Crippen LogP contribution in [0.1, 0.15) is 19.4 Å². The van der Waals surface area contributed by atoms with Gasteiger partial charge in [0.15, 0.2) is 5.16 Å². The first-order valence-electron chi connectivity index (χ1n) is 6.10. The van der Waals surface area contributed by atoms with Crippen LogP contribution in [-0.4, -0.2) is 20.8 Å².